The third-order valence-corrected chi connectivity index (χ3v) is 6.47. The van der Waals surface area contributed by atoms with Gasteiger partial charge in [0.15, 0.2) is 5.78 Å². The number of nitrogens with one attached hydrogen (secondary N) is 1. The minimum atomic E-state index is -0.625. The number of ether oxygens (including phenoxy) is 1. The number of nitrogens with zero attached hydrogens (tertiary/aromatic N) is 2. The van der Waals surface area contributed by atoms with Crippen molar-refractivity contribution in [3.05, 3.63) is 77.5 Å². The Bertz CT molecular complexity index is 1250. The van der Waals surface area contributed by atoms with Crippen molar-refractivity contribution in [3.63, 3.8) is 0 Å². The monoisotopic (exact) mass is 443 g/mol. The average molecular weight is 444 g/mol. The maximum Gasteiger partial charge on any atom is 0.267 e. The van der Waals surface area contributed by atoms with Gasteiger partial charge in [-0.15, -0.1) is 0 Å². The van der Waals surface area contributed by atoms with Gasteiger partial charge < -0.3 is 4.74 Å². The Morgan fingerprint density at radius 1 is 1.18 bits per heavy atom. The summed E-state index contributed by atoms with van der Waals surface area (Å²) >= 11 is 0. The Hall–Kier alpha value is -3.55. The number of carbonyl (C=O) groups excluding carboxylic acids is 2. The number of pyridine rings is 1. The van der Waals surface area contributed by atoms with Crippen molar-refractivity contribution in [3.8, 4) is 5.75 Å². The van der Waals surface area contributed by atoms with Crippen LogP contribution in [-0.2, 0) is 11.3 Å². The number of Topliss-reactive ketones (excluding diaryl/α,β-unsaturated/α-hetero) is 1. The summed E-state index contributed by atoms with van der Waals surface area (Å²) in [4.78, 5) is 31.1. The lowest BCUT2D eigenvalue weighted by Crippen LogP contribution is -2.50. The molecule has 3 aromatic rings. The molecule has 33 heavy (non-hydrogen) atoms. The first-order valence-electron chi connectivity index (χ1n) is 11.1. The summed E-state index contributed by atoms with van der Waals surface area (Å²) in [6.45, 7) is 2.54. The maximum absolute atomic E-state index is 13.0. The molecule has 1 fully saturated rings. The topological polar surface area (TPSA) is 91.8 Å². The molecule has 2 aliphatic heterocycles. The number of piperidine rings is 1. The van der Waals surface area contributed by atoms with Crippen molar-refractivity contribution in [2.45, 2.75) is 31.4 Å². The second kappa shape index (κ2) is 8.77. The van der Waals surface area contributed by atoms with E-state index in [9.17, 15) is 9.59 Å². The number of para-hydroxylation sites is 1. The number of hydrogen-bond donors (Lipinski definition) is 2. The van der Waals surface area contributed by atoms with E-state index in [1.54, 1.807) is 29.8 Å². The van der Waals surface area contributed by atoms with E-state index in [-0.39, 0.29) is 5.78 Å². The highest BCUT2D eigenvalue weighted by atomic mass is 16.5. The first kappa shape index (κ1) is 21.3. The molecule has 2 aromatic carbocycles. The fourth-order valence-corrected chi connectivity index (χ4v) is 4.68. The molecule has 0 saturated carbocycles. The van der Waals surface area contributed by atoms with Crippen LogP contribution >= 0.6 is 0 Å². The largest absolute Gasteiger partial charge is 0.486 e. The molecule has 0 bridgehead atoms. The number of hydroxylamine groups is 1. The molecule has 0 aliphatic carbocycles. The lowest BCUT2D eigenvalue weighted by atomic mass is 9.82. The highest BCUT2D eigenvalue weighted by Crippen LogP contribution is 2.40. The van der Waals surface area contributed by atoms with E-state index in [2.05, 4.69) is 22.0 Å². The van der Waals surface area contributed by atoms with Crippen molar-refractivity contribution in [2.75, 3.05) is 13.1 Å². The van der Waals surface area contributed by atoms with Crippen LogP contribution in [0.2, 0.25) is 0 Å². The van der Waals surface area contributed by atoms with Gasteiger partial charge in [0.25, 0.3) is 5.91 Å². The SMILES string of the molecule is O=C(C=Cc1ccc2c(c1)C(=O)CC1(CCN(Cc3cnc4ccccc4c3)CC1)O2)NO. The molecule has 1 spiro atoms. The first-order chi connectivity index (χ1) is 16.0. The zero-order valence-corrected chi connectivity index (χ0v) is 18.2. The summed E-state index contributed by atoms with van der Waals surface area (Å²) in [6.07, 6.45) is 6.63. The minimum absolute atomic E-state index is 0.0605. The molecule has 0 radical (unpaired) electrons. The van der Waals surface area contributed by atoms with Crippen LogP contribution in [0.25, 0.3) is 17.0 Å². The van der Waals surface area contributed by atoms with Crippen LogP contribution in [0.15, 0.2) is 60.8 Å². The maximum atomic E-state index is 13.0. The number of likely N-dealkylation sites (tertiary alicyclic amines) is 1. The van der Waals surface area contributed by atoms with Crippen LogP contribution in [0.5, 0.6) is 5.75 Å². The lowest BCUT2D eigenvalue weighted by Gasteiger charge is -2.44. The number of rotatable bonds is 4. The van der Waals surface area contributed by atoms with Gasteiger partial charge >= 0.3 is 0 Å². The highest BCUT2D eigenvalue weighted by molar-refractivity contribution is 6.01. The van der Waals surface area contributed by atoms with Gasteiger partial charge in [0.1, 0.15) is 11.4 Å². The Morgan fingerprint density at radius 2 is 2.00 bits per heavy atom. The second-order valence-electron chi connectivity index (χ2n) is 8.76. The fourth-order valence-electron chi connectivity index (χ4n) is 4.68. The molecular formula is C26H25N3O4. The molecule has 0 atom stereocenters. The van der Waals surface area contributed by atoms with Gasteiger partial charge in [-0.05, 0) is 41.5 Å². The van der Waals surface area contributed by atoms with E-state index in [0.717, 1.165) is 43.4 Å². The number of ketones is 1. The Kier molecular flexibility index (Phi) is 5.66. The number of benzene rings is 2. The summed E-state index contributed by atoms with van der Waals surface area (Å²) in [5, 5.41) is 9.75. The number of carbonyl (C=O) groups is 2. The van der Waals surface area contributed by atoms with Crippen molar-refractivity contribution < 1.29 is 19.5 Å². The normalized spacial score (nSPS) is 17.8. The smallest absolute Gasteiger partial charge is 0.267 e. The van der Waals surface area contributed by atoms with Crippen molar-refractivity contribution >= 4 is 28.7 Å². The molecule has 2 N–H and O–H groups in total. The number of amides is 1. The Balaban J connectivity index is 1.25. The van der Waals surface area contributed by atoms with E-state index >= 15 is 0 Å². The lowest BCUT2D eigenvalue weighted by molar-refractivity contribution is -0.124. The van der Waals surface area contributed by atoms with Gasteiger partial charge in [-0.2, -0.15) is 0 Å². The molecule has 168 valence electrons. The zero-order valence-electron chi connectivity index (χ0n) is 18.2. The standard InChI is InChI=1S/C26H25N3O4/c30-23-15-26(33-24-7-5-18(14-21(23)24)6-8-25(31)28-32)9-11-29(12-10-26)17-19-13-20-3-1-2-4-22(20)27-16-19/h1-8,13-14,16,32H,9-12,15,17H2,(H,28,31). The molecule has 7 nitrogen and oxygen atoms in total. The fraction of sp³-hybridized carbons (Fsp3) is 0.269. The Morgan fingerprint density at radius 3 is 2.82 bits per heavy atom. The summed E-state index contributed by atoms with van der Waals surface area (Å²) in [5.41, 5.74) is 4.51. The van der Waals surface area contributed by atoms with E-state index in [0.29, 0.717) is 23.3 Å². The molecule has 1 amide bonds. The van der Waals surface area contributed by atoms with Gasteiger partial charge in [-0.3, -0.25) is 24.7 Å². The molecule has 5 rings (SSSR count). The van der Waals surface area contributed by atoms with E-state index in [1.165, 1.54) is 11.6 Å². The summed E-state index contributed by atoms with van der Waals surface area (Å²) in [6, 6.07) is 15.6. The highest BCUT2D eigenvalue weighted by Gasteiger charge is 2.42. The van der Waals surface area contributed by atoms with E-state index in [4.69, 9.17) is 9.94 Å². The molecule has 2 aliphatic rings. The molecule has 1 saturated heterocycles. The molecular weight excluding hydrogens is 418 g/mol. The third-order valence-electron chi connectivity index (χ3n) is 6.47. The molecule has 0 unspecified atom stereocenters. The van der Waals surface area contributed by atoms with Crippen molar-refractivity contribution in [1.29, 1.82) is 0 Å². The van der Waals surface area contributed by atoms with Gasteiger partial charge in [0.2, 0.25) is 0 Å². The Labute approximate surface area is 191 Å². The van der Waals surface area contributed by atoms with Crippen LogP contribution in [0.1, 0.15) is 40.7 Å². The van der Waals surface area contributed by atoms with Gasteiger partial charge in [-0.25, -0.2) is 5.48 Å². The average Bonchev–Trinajstić information content (AvgIpc) is 2.84. The molecule has 1 aromatic heterocycles. The number of fused-ring (bicyclic) bond motifs is 2. The van der Waals surface area contributed by atoms with Crippen LogP contribution in [-0.4, -0.2) is 45.5 Å². The summed E-state index contributed by atoms with van der Waals surface area (Å²) < 4.78 is 6.39. The van der Waals surface area contributed by atoms with Crippen LogP contribution in [0.4, 0.5) is 0 Å². The predicted molar refractivity (Wildman–Crippen MR) is 124 cm³/mol. The van der Waals surface area contributed by atoms with E-state index < -0.39 is 11.5 Å². The van der Waals surface area contributed by atoms with Crippen molar-refractivity contribution in [2.24, 2.45) is 0 Å². The zero-order chi connectivity index (χ0) is 22.8. The molecule has 7 heteroatoms. The van der Waals surface area contributed by atoms with E-state index in [1.807, 2.05) is 24.4 Å². The van der Waals surface area contributed by atoms with Gasteiger partial charge in [0.05, 0.1) is 17.5 Å². The second-order valence-corrected chi connectivity index (χ2v) is 8.76. The van der Waals surface area contributed by atoms with Gasteiger partial charge in [0, 0.05) is 50.1 Å². The minimum Gasteiger partial charge on any atom is -0.486 e. The van der Waals surface area contributed by atoms with Crippen LogP contribution in [0, 0.1) is 0 Å². The first-order valence-corrected chi connectivity index (χ1v) is 11.1. The summed E-state index contributed by atoms with van der Waals surface area (Å²) in [7, 11) is 0. The number of hydrogen-bond acceptors (Lipinski definition) is 6. The number of aromatic nitrogens is 1. The van der Waals surface area contributed by atoms with Crippen LogP contribution < -0.4 is 10.2 Å². The third kappa shape index (κ3) is 4.51. The quantitative estimate of drug-likeness (QED) is 0.363. The van der Waals surface area contributed by atoms with Crippen LogP contribution in [0.3, 0.4) is 0 Å². The molecule has 3 heterocycles. The van der Waals surface area contributed by atoms with Crippen molar-refractivity contribution in [1.82, 2.24) is 15.4 Å². The summed E-state index contributed by atoms with van der Waals surface area (Å²) in [5.74, 6) is 0.0351. The predicted octanol–water partition coefficient (Wildman–Crippen LogP) is 3.75. The van der Waals surface area contributed by atoms with Gasteiger partial charge in [-0.1, -0.05) is 24.3 Å².